The lowest BCUT2D eigenvalue weighted by molar-refractivity contribution is 0.229. The molecule has 0 saturated heterocycles. The molecule has 0 aliphatic heterocycles. The second kappa shape index (κ2) is 9.28. The van der Waals surface area contributed by atoms with Gasteiger partial charge in [-0.2, -0.15) is 0 Å². The smallest absolute Gasteiger partial charge is 0.191 e. The fourth-order valence-electron chi connectivity index (χ4n) is 2.75. The van der Waals surface area contributed by atoms with Crippen LogP contribution in [0.1, 0.15) is 39.5 Å². The third kappa shape index (κ3) is 6.00. The van der Waals surface area contributed by atoms with E-state index in [1.807, 2.05) is 31.2 Å². The number of hydrogen-bond donors (Lipinski definition) is 2. The van der Waals surface area contributed by atoms with Crippen LogP contribution in [0.4, 0.5) is 0 Å². The van der Waals surface area contributed by atoms with Crippen LogP contribution in [0.5, 0.6) is 11.5 Å². The molecule has 0 amide bonds. The van der Waals surface area contributed by atoms with Gasteiger partial charge in [0, 0.05) is 18.7 Å². The average molecular weight is 319 g/mol. The Balaban J connectivity index is 1.86. The van der Waals surface area contributed by atoms with Crippen molar-refractivity contribution < 1.29 is 9.47 Å². The molecule has 1 aromatic carbocycles. The molecule has 128 valence electrons. The number of methoxy groups -OCH3 is 1. The van der Waals surface area contributed by atoms with Gasteiger partial charge in [0.2, 0.25) is 0 Å². The van der Waals surface area contributed by atoms with E-state index in [0.29, 0.717) is 12.6 Å². The summed E-state index contributed by atoms with van der Waals surface area (Å²) in [4.78, 5) is 4.65. The molecule has 0 radical (unpaired) electrons. The van der Waals surface area contributed by atoms with Crippen LogP contribution in [0, 0.1) is 0 Å². The molecule has 1 fully saturated rings. The minimum Gasteiger partial charge on any atom is -0.497 e. The van der Waals surface area contributed by atoms with Gasteiger partial charge in [0.1, 0.15) is 17.6 Å². The monoisotopic (exact) mass is 319 g/mol. The fraction of sp³-hybridized carbons (Fsp3) is 0.611. The van der Waals surface area contributed by atoms with Gasteiger partial charge < -0.3 is 20.1 Å². The summed E-state index contributed by atoms with van der Waals surface area (Å²) in [6, 6.07) is 8.22. The SMILES string of the molecule is CCNC(=NCC(C)Oc1cccc(OC)c1)NC1CCCC1. The summed E-state index contributed by atoms with van der Waals surface area (Å²) in [5.74, 6) is 2.50. The van der Waals surface area contributed by atoms with E-state index in [4.69, 9.17) is 9.47 Å². The summed E-state index contributed by atoms with van der Waals surface area (Å²) in [7, 11) is 1.66. The minimum atomic E-state index is 0.00106. The quantitative estimate of drug-likeness (QED) is 0.599. The van der Waals surface area contributed by atoms with E-state index in [1.165, 1.54) is 25.7 Å². The molecule has 1 aliphatic carbocycles. The van der Waals surface area contributed by atoms with Gasteiger partial charge in [-0.25, -0.2) is 4.99 Å². The Morgan fingerprint density at radius 3 is 2.74 bits per heavy atom. The first-order valence-electron chi connectivity index (χ1n) is 8.56. The zero-order chi connectivity index (χ0) is 16.5. The number of aliphatic imine (C=N–C) groups is 1. The largest absolute Gasteiger partial charge is 0.497 e. The van der Waals surface area contributed by atoms with Crippen LogP contribution in [0.2, 0.25) is 0 Å². The van der Waals surface area contributed by atoms with Crippen LogP contribution in [-0.2, 0) is 0 Å². The van der Waals surface area contributed by atoms with Gasteiger partial charge in [-0.05, 0) is 38.8 Å². The van der Waals surface area contributed by atoms with Gasteiger partial charge in [0.25, 0.3) is 0 Å². The standard InChI is InChI=1S/C18H29N3O2/c1-4-19-18(21-15-8-5-6-9-15)20-13-14(2)23-17-11-7-10-16(12-17)22-3/h7,10-12,14-15H,4-6,8-9,13H2,1-3H3,(H2,19,20,21). The number of ether oxygens (including phenoxy) is 2. The van der Waals surface area contributed by atoms with Crippen LogP contribution in [0.25, 0.3) is 0 Å². The normalized spacial score (nSPS) is 16.9. The number of nitrogens with one attached hydrogen (secondary N) is 2. The maximum atomic E-state index is 5.91. The molecule has 1 atom stereocenters. The van der Waals surface area contributed by atoms with Crippen LogP contribution in [-0.4, -0.2) is 38.3 Å². The van der Waals surface area contributed by atoms with Crippen molar-refractivity contribution in [1.82, 2.24) is 10.6 Å². The van der Waals surface area contributed by atoms with Crippen molar-refractivity contribution in [1.29, 1.82) is 0 Å². The summed E-state index contributed by atoms with van der Waals surface area (Å²) in [5.41, 5.74) is 0. The number of rotatable bonds is 7. The third-order valence-electron chi connectivity index (χ3n) is 3.93. The van der Waals surface area contributed by atoms with Gasteiger partial charge in [0.15, 0.2) is 5.96 Å². The van der Waals surface area contributed by atoms with Gasteiger partial charge in [-0.3, -0.25) is 0 Å². The second-order valence-corrected chi connectivity index (χ2v) is 5.95. The Morgan fingerprint density at radius 1 is 1.30 bits per heavy atom. The molecule has 1 aliphatic rings. The maximum absolute atomic E-state index is 5.91. The fourth-order valence-corrected chi connectivity index (χ4v) is 2.75. The van der Waals surface area contributed by atoms with E-state index in [2.05, 4.69) is 22.5 Å². The van der Waals surface area contributed by atoms with Crippen LogP contribution < -0.4 is 20.1 Å². The highest BCUT2D eigenvalue weighted by Crippen LogP contribution is 2.20. The van der Waals surface area contributed by atoms with Gasteiger partial charge in [-0.15, -0.1) is 0 Å². The molecule has 0 aromatic heterocycles. The first-order chi connectivity index (χ1) is 11.2. The lowest BCUT2D eigenvalue weighted by atomic mass is 10.2. The van der Waals surface area contributed by atoms with Crippen molar-refractivity contribution >= 4 is 5.96 Å². The van der Waals surface area contributed by atoms with Crippen molar-refractivity contribution in [3.63, 3.8) is 0 Å². The molecule has 0 heterocycles. The van der Waals surface area contributed by atoms with E-state index in [9.17, 15) is 0 Å². The molecule has 2 N–H and O–H groups in total. The Labute approximate surface area is 139 Å². The highest BCUT2D eigenvalue weighted by Gasteiger charge is 2.16. The molecule has 1 unspecified atom stereocenters. The number of hydrogen-bond acceptors (Lipinski definition) is 3. The van der Waals surface area contributed by atoms with Crippen LogP contribution in [0.15, 0.2) is 29.3 Å². The predicted octanol–water partition coefficient (Wildman–Crippen LogP) is 2.96. The molecule has 2 rings (SSSR count). The highest BCUT2D eigenvalue weighted by atomic mass is 16.5. The Bertz CT molecular complexity index is 499. The second-order valence-electron chi connectivity index (χ2n) is 5.95. The molecule has 5 nitrogen and oxygen atoms in total. The summed E-state index contributed by atoms with van der Waals surface area (Å²) in [6.45, 7) is 5.59. The number of guanidine groups is 1. The van der Waals surface area contributed by atoms with E-state index < -0.39 is 0 Å². The minimum absolute atomic E-state index is 0.00106. The molecule has 23 heavy (non-hydrogen) atoms. The highest BCUT2D eigenvalue weighted by molar-refractivity contribution is 5.80. The number of benzene rings is 1. The predicted molar refractivity (Wildman–Crippen MR) is 94.5 cm³/mol. The summed E-state index contributed by atoms with van der Waals surface area (Å²) < 4.78 is 11.1. The molecule has 1 saturated carbocycles. The molecule has 0 spiro atoms. The number of nitrogens with zero attached hydrogens (tertiary/aromatic N) is 1. The lowest BCUT2D eigenvalue weighted by Crippen LogP contribution is -2.42. The molecule has 1 aromatic rings. The molecule has 5 heteroatoms. The lowest BCUT2D eigenvalue weighted by Gasteiger charge is -2.18. The van der Waals surface area contributed by atoms with E-state index in [-0.39, 0.29) is 6.10 Å². The zero-order valence-corrected chi connectivity index (χ0v) is 14.5. The first kappa shape index (κ1) is 17.4. The average Bonchev–Trinajstić information content (AvgIpc) is 3.06. The molecular weight excluding hydrogens is 290 g/mol. The van der Waals surface area contributed by atoms with Crippen LogP contribution >= 0.6 is 0 Å². The van der Waals surface area contributed by atoms with E-state index in [1.54, 1.807) is 7.11 Å². The van der Waals surface area contributed by atoms with Crippen molar-refractivity contribution in [3.05, 3.63) is 24.3 Å². The molecule has 0 bridgehead atoms. The molecular formula is C18H29N3O2. The van der Waals surface area contributed by atoms with Gasteiger partial charge >= 0.3 is 0 Å². The summed E-state index contributed by atoms with van der Waals surface area (Å²) >= 11 is 0. The van der Waals surface area contributed by atoms with Crippen molar-refractivity contribution in [2.75, 3.05) is 20.2 Å². The summed E-state index contributed by atoms with van der Waals surface area (Å²) in [5, 5.41) is 6.83. The van der Waals surface area contributed by atoms with Crippen molar-refractivity contribution in [2.24, 2.45) is 4.99 Å². The topological polar surface area (TPSA) is 54.9 Å². The Kier molecular flexibility index (Phi) is 7.04. The first-order valence-corrected chi connectivity index (χ1v) is 8.56. The summed E-state index contributed by atoms with van der Waals surface area (Å²) in [6.07, 6.45) is 5.10. The third-order valence-corrected chi connectivity index (χ3v) is 3.93. The maximum Gasteiger partial charge on any atom is 0.191 e. The van der Waals surface area contributed by atoms with Gasteiger partial charge in [-0.1, -0.05) is 18.9 Å². The zero-order valence-electron chi connectivity index (χ0n) is 14.5. The van der Waals surface area contributed by atoms with E-state index >= 15 is 0 Å². The van der Waals surface area contributed by atoms with Crippen molar-refractivity contribution in [3.8, 4) is 11.5 Å². The van der Waals surface area contributed by atoms with E-state index in [0.717, 1.165) is 24.0 Å². The van der Waals surface area contributed by atoms with Crippen molar-refractivity contribution in [2.45, 2.75) is 51.7 Å². The Morgan fingerprint density at radius 2 is 2.04 bits per heavy atom. The van der Waals surface area contributed by atoms with Gasteiger partial charge in [0.05, 0.1) is 13.7 Å². The van der Waals surface area contributed by atoms with Crippen LogP contribution in [0.3, 0.4) is 0 Å². The Hall–Kier alpha value is -1.91.